The van der Waals surface area contributed by atoms with Crippen molar-refractivity contribution in [3.05, 3.63) is 21.9 Å². The Balaban J connectivity index is 2.74. The van der Waals surface area contributed by atoms with E-state index in [-0.39, 0.29) is 18.5 Å². The van der Waals surface area contributed by atoms with Crippen LogP contribution in [0.5, 0.6) is 0 Å². The third-order valence-electron chi connectivity index (χ3n) is 2.32. The summed E-state index contributed by atoms with van der Waals surface area (Å²) in [5.41, 5.74) is 5.31. The highest BCUT2D eigenvalue weighted by atomic mass is 32.1. The molecule has 0 aliphatic rings. The summed E-state index contributed by atoms with van der Waals surface area (Å²) in [6.45, 7) is 4.15. The van der Waals surface area contributed by atoms with Gasteiger partial charge in [-0.25, -0.2) is 0 Å². The molecule has 0 saturated carbocycles. The molecule has 0 spiro atoms. The zero-order valence-corrected chi connectivity index (χ0v) is 9.60. The third-order valence-corrected chi connectivity index (χ3v) is 3.49. The van der Waals surface area contributed by atoms with Gasteiger partial charge < -0.3 is 10.6 Å². The average molecular weight is 212 g/mol. The predicted octanol–water partition coefficient (Wildman–Crippen LogP) is 1.53. The lowest BCUT2D eigenvalue weighted by molar-refractivity contribution is -0.130. The number of hydrogen-bond acceptors (Lipinski definition) is 3. The number of amides is 1. The maximum absolute atomic E-state index is 11.3. The van der Waals surface area contributed by atoms with E-state index in [1.54, 1.807) is 23.3 Å². The van der Waals surface area contributed by atoms with Crippen LogP contribution in [0.2, 0.25) is 0 Å². The molecule has 0 aliphatic heterocycles. The molecule has 1 amide bonds. The molecule has 1 heterocycles. The zero-order valence-electron chi connectivity index (χ0n) is 8.78. The average Bonchev–Trinajstić information content (AvgIpc) is 2.61. The van der Waals surface area contributed by atoms with E-state index >= 15 is 0 Å². The van der Waals surface area contributed by atoms with Gasteiger partial charge in [-0.15, -0.1) is 11.3 Å². The highest BCUT2D eigenvalue weighted by Gasteiger charge is 2.16. The third kappa shape index (κ3) is 2.33. The van der Waals surface area contributed by atoms with Crippen molar-refractivity contribution in [2.75, 3.05) is 13.6 Å². The Bertz CT molecular complexity index is 322. The van der Waals surface area contributed by atoms with Crippen LogP contribution in [0, 0.1) is 6.92 Å². The lowest BCUT2D eigenvalue weighted by atomic mass is 10.2. The van der Waals surface area contributed by atoms with Crippen LogP contribution in [0.15, 0.2) is 12.1 Å². The molecule has 0 radical (unpaired) electrons. The number of hydrogen-bond donors (Lipinski definition) is 1. The number of aryl methyl sites for hydroxylation is 1. The van der Waals surface area contributed by atoms with Crippen molar-refractivity contribution >= 4 is 17.2 Å². The molecule has 14 heavy (non-hydrogen) atoms. The summed E-state index contributed by atoms with van der Waals surface area (Å²) < 4.78 is 0. The topological polar surface area (TPSA) is 46.3 Å². The van der Waals surface area contributed by atoms with Gasteiger partial charge in [-0.3, -0.25) is 4.79 Å². The fourth-order valence-electron chi connectivity index (χ4n) is 1.23. The van der Waals surface area contributed by atoms with Crippen molar-refractivity contribution in [2.24, 2.45) is 5.73 Å². The van der Waals surface area contributed by atoms with Gasteiger partial charge in [-0.1, -0.05) is 0 Å². The number of likely N-dealkylation sites (N-methyl/N-ethyl adjacent to an activating group) is 1. The van der Waals surface area contributed by atoms with Gasteiger partial charge in [-0.2, -0.15) is 0 Å². The van der Waals surface area contributed by atoms with E-state index in [2.05, 4.69) is 19.1 Å². The molecule has 4 heteroatoms. The van der Waals surface area contributed by atoms with E-state index in [4.69, 9.17) is 5.73 Å². The van der Waals surface area contributed by atoms with E-state index in [1.807, 2.05) is 6.92 Å². The van der Waals surface area contributed by atoms with Crippen molar-refractivity contribution in [2.45, 2.75) is 19.9 Å². The zero-order chi connectivity index (χ0) is 10.7. The summed E-state index contributed by atoms with van der Waals surface area (Å²) in [5, 5.41) is 0. The first kappa shape index (κ1) is 11.2. The van der Waals surface area contributed by atoms with Crippen LogP contribution in [-0.2, 0) is 4.79 Å². The molecule has 0 fully saturated rings. The van der Waals surface area contributed by atoms with Crippen LogP contribution in [0.4, 0.5) is 0 Å². The van der Waals surface area contributed by atoms with Gasteiger partial charge in [0.1, 0.15) is 0 Å². The molecule has 0 bridgehead atoms. The Morgan fingerprint density at radius 2 is 2.29 bits per heavy atom. The Morgan fingerprint density at radius 3 is 2.71 bits per heavy atom. The predicted molar refractivity (Wildman–Crippen MR) is 59.3 cm³/mol. The maximum atomic E-state index is 11.3. The van der Waals surface area contributed by atoms with E-state index in [9.17, 15) is 4.79 Å². The van der Waals surface area contributed by atoms with Crippen LogP contribution in [0.1, 0.15) is 22.7 Å². The first-order chi connectivity index (χ1) is 6.56. The van der Waals surface area contributed by atoms with Crippen LogP contribution in [0.25, 0.3) is 0 Å². The SMILES string of the molecule is Cc1ccc(C(C)N(C)C(=O)CN)s1. The second-order valence-electron chi connectivity index (χ2n) is 3.33. The molecule has 1 atom stereocenters. The molecule has 1 unspecified atom stereocenters. The van der Waals surface area contributed by atoms with Crippen LogP contribution in [0.3, 0.4) is 0 Å². The number of nitrogens with zero attached hydrogens (tertiary/aromatic N) is 1. The van der Waals surface area contributed by atoms with Crippen molar-refractivity contribution < 1.29 is 4.79 Å². The van der Waals surface area contributed by atoms with E-state index in [1.165, 1.54) is 9.75 Å². The summed E-state index contributed by atoms with van der Waals surface area (Å²) >= 11 is 1.72. The van der Waals surface area contributed by atoms with Crippen molar-refractivity contribution in [3.8, 4) is 0 Å². The van der Waals surface area contributed by atoms with E-state index in [0.29, 0.717) is 0 Å². The summed E-state index contributed by atoms with van der Waals surface area (Å²) in [7, 11) is 1.79. The van der Waals surface area contributed by atoms with Gasteiger partial charge in [0, 0.05) is 16.8 Å². The Hall–Kier alpha value is -0.870. The van der Waals surface area contributed by atoms with Gasteiger partial charge in [0.15, 0.2) is 0 Å². The fraction of sp³-hybridized carbons (Fsp3) is 0.500. The molecule has 1 rings (SSSR count). The van der Waals surface area contributed by atoms with Gasteiger partial charge in [0.05, 0.1) is 12.6 Å². The number of thiophene rings is 1. The first-order valence-electron chi connectivity index (χ1n) is 4.58. The normalized spacial score (nSPS) is 12.6. The second kappa shape index (κ2) is 4.57. The van der Waals surface area contributed by atoms with Gasteiger partial charge in [0.2, 0.25) is 5.91 Å². The Labute approximate surface area is 88.5 Å². The molecule has 78 valence electrons. The van der Waals surface area contributed by atoms with Crippen molar-refractivity contribution in [1.29, 1.82) is 0 Å². The molecule has 3 nitrogen and oxygen atoms in total. The monoisotopic (exact) mass is 212 g/mol. The largest absolute Gasteiger partial charge is 0.337 e. The van der Waals surface area contributed by atoms with E-state index in [0.717, 1.165) is 0 Å². The lowest BCUT2D eigenvalue weighted by Gasteiger charge is -2.23. The second-order valence-corrected chi connectivity index (χ2v) is 4.65. The molecular formula is C10H16N2OS. The van der Waals surface area contributed by atoms with Crippen molar-refractivity contribution in [3.63, 3.8) is 0 Å². The van der Waals surface area contributed by atoms with Gasteiger partial charge >= 0.3 is 0 Å². The van der Waals surface area contributed by atoms with Gasteiger partial charge in [0.25, 0.3) is 0 Å². The summed E-state index contributed by atoms with van der Waals surface area (Å²) in [5.74, 6) is -0.0245. The van der Waals surface area contributed by atoms with Crippen LogP contribution in [-0.4, -0.2) is 24.4 Å². The first-order valence-corrected chi connectivity index (χ1v) is 5.40. The minimum Gasteiger partial charge on any atom is -0.337 e. The Morgan fingerprint density at radius 1 is 1.64 bits per heavy atom. The molecule has 2 N–H and O–H groups in total. The summed E-state index contributed by atoms with van der Waals surface area (Å²) in [6, 6.07) is 4.24. The summed E-state index contributed by atoms with van der Waals surface area (Å²) in [6.07, 6.45) is 0. The van der Waals surface area contributed by atoms with Crippen LogP contribution >= 0.6 is 11.3 Å². The smallest absolute Gasteiger partial charge is 0.236 e. The minimum absolute atomic E-state index is 0.0245. The Kier molecular flexibility index (Phi) is 3.66. The minimum atomic E-state index is -0.0245. The molecular weight excluding hydrogens is 196 g/mol. The van der Waals surface area contributed by atoms with Crippen molar-refractivity contribution in [1.82, 2.24) is 4.90 Å². The molecule has 0 aromatic carbocycles. The fourth-order valence-corrected chi connectivity index (χ4v) is 2.20. The lowest BCUT2D eigenvalue weighted by Crippen LogP contribution is -2.34. The number of rotatable bonds is 3. The molecule has 0 saturated heterocycles. The highest BCUT2D eigenvalue weighted by Crippen LogP contribution is 2.25. The molecule has 1 aromatic heterocycles. The quantitative estimate of drug-likeness (QED) is 0.826. The summed E-state index contributed by atoms with van der Waals surface area (Å²) in [4.78, 5) is 15.5. The number of nitrogens with two attached hydrogens (primary N) is 1. The number of carbonyl (C=O) groups excluding carboxylic acids is 1. The van der Waals surface area contributed by atoms with Crippen LogP contribution < -0.4 is 5.73 Å². The number of carbonyl (C=O) groups is 1. The maximum Gasteiger partial charge on any atom is 0.236 e. The van der Waals surface area contributed by atoms with Gasteiger partial charge in [-0.05, 0) is 26.0 Å². The van der Waals surface area contributed by atoms with E-state index < -0.39 is 0 Å². The molecule has 1 aromatic rings. The highest BCUT2D eigenvalue weighted by molar-refractivity contribution is 7.12. The molecule has 0 aliphatic carbocycles. The standard InChI is InChI=1S/C10H16N2OS/c1-7-4-5-9(14-7)8(2)12(3)10(13)6-11/h4-5,8H,6,11H2,1-3H3.